The number of rotatable bonds is 1. The summed E-state index contributed by atoms with van der Waals surface area (Å²) in [5, 5.41) is 5.75. The molecule has 5 heteroatoms. The zero-order valence-corrected chi connectivity index (χ0v) is 14.3. The largest absolute Gasteiger partial charge is 0.365 e. The Bertz CT molecular complexity index is 618. The van der Waals surface area contributed by atoms with Crippen molar-refractivity contribution in [3.63, 3.8) is 0 Å². The Morgan fingerprint density at radius 2 is 2.11 bits per heavy atom. The molecular weight excluding hydrogens is 369 g/mol. The van der Waals surface area contributed by atoms with Crippen molar-refractivity contribution in [2.45, 2.75) is 18.2 Å². The van der Waals surface area contributed by atoms with Crippen LogP contribution in [0.3, 0.4) is 0 Å². The third-order valence-electron chi connectivity index (χ3n) is 3.41. The smallest absolute Gasteiger partial charge is 0.161 e. The van der Waals surface area contributed by atoms with Gasteiger partial charge in [0.25, 0.3) is 0 Å². The Hall–Kier alpha value is -0.690. The van der Waals surface area contributed by atoms with Crippen molar-refractivity contribution in [2.75, 3.05) is 13.1 Å². The van der Waals surface area contributed by atoms with Crippen molar-refractivity contribution >= 4 is 51.8 Å². The zero-order chi connectivity index (χ0) is 12.5. The van der Waals surface area contributed by atoms with Crippen LogP contribution in [0.4, 0.5) is 0 Å². The average Bonchev–Trinajstić information content (AvgIpc) is 2.66. The molecule has 3 nitrogen and oxygen atoms in total. The lowest BCUT2D eigenvalue weighted by Gasteiger charge is -2.13. The first kappa shape index (κ1) is 14.7. The van der Waals surface area contributed by atoms with Gasteiger partial charge in [0.2, 0.25) is 0 Å². The highest BCUT2D eigenvalue weighted by Crippen LogP contribution is 2.33. The molecule has 0 saturated carbocycles. The molecule has 1 aliphatic heterocycles. The van der Waals surface area contributed by atoms with E-state index in [1.54, 1.807) is 11.8 Å². The summed E-state index contributed by atoms with van der Waals surface area (Å²) in [6.07, 6.45) is 1.14. The molecule has 1 aromatic carbocycles. The van der Waals surface area contributed by atoms with E-state index in [2.05, 4.69) is 53.1 Å². The number of fused-ring (bicyclic) bond motifs is 1. The molecule has 3 rings (SSSR count). The van der Waals surface area contributed by atoms with Crippen LogP contribution in [0, 0.1) is 6.92 Å². The topological polar surface area (TPSA) is 29.3 Å². The van der Waals surface area contributed by atoms with Gasteiger partial charge in [-0.05, 0) is 19.4 Å². The fourth-order valence-electron chi connectivity index (χ4n) is 2.29. The highest BCUT2D eigenvalue weighted by atomic mass is 127. The molecule has 0 spiro atoms. The molecule has 2 heterocycles. The number of hydrogen-bond donors (Lipinski definition) is 1. The monoisotopic (exact) mass is 387 g/mol. The molecule has 102 valence electrons. The maximum Gasteiger partial charge on any atom is 0.161 e. The molecule has 0 amide bonds. The molecule has 0 fully saturated rings. The third kappa shape index (κ3) is 2.76. The van der Waals surface area contributed by atoms with Crippen LogP contribution in [0.15, 0.2) is 34.2 Å². The van der Waals surface area contributed by atoms with E-state index in [1.165, 1.54) is 21.5 Å². The number of halogens is 1. The molecule has 1 aromatic heterocycles. The van der Waals surface area contributed by atoms with Crippen LogP contribution < -0.4 is 5.32 Å². The number of thioether (sulfide) groups is 1. The molecule has 1 aliphatic rings. The van der Waals surface area contributed by atoms with Gasteiger partial charge in [-0.3, -0.25) is 4.99 Å². The van der Waals surface area contributed by atoms with Crippen molar-refractivity contribution in [3.05, 3.63) is 30.0 Å². The first-order valence-corrected chi connectivity index (χ1v) is 7.09. The molecule has 0 saturated heterocycles. The number of nitrogens with one attached hydrogen (secondary N) is 1. The van der Waals surface area contributed by atoms with Crippen molar-refractivity contribution in [2.24, 2.45) is 12.0 Å². The van der Waals surface area contributed by atoms with Crippen molar-refractivity contribution < 1.29 is 0 Å². The minimum atomic E-state index is 0. The Morgan fingerprint density at radius 3 is 2.84 bits per heavy atom. The summed E-state index contributed by atoms with van der Waals surface area (Å²) in [4.78, 5) is 5.86. The lowest BCUT2D eigenvalue weighted by molar-refractivity contribution is 0.751. The molecule has 0 radical (unpaired) electrons. The number of aromatic nitrogens is 1. The minimum absolute atomic E-state index is 0. The summed E-state index contributed by atoms with van der Waals surface area (Å²) in [5.74, 6) is 0. The van der Waals surface area contributed by atoms with Crippen LogP contribution in [0.25, 0.3) is 10.9 Å². The van der Waals surface area contributed by atoms with E-state index in [0.717, 1.165) is 24.7 Å². The first-order valence-electron chi connectivity index (χ1n) is 6.27. The third-order valence-corrected chi connectivity index (χ3v) is 4.59. The highest BCUT2D eigenvalue weighted by molar-refractivity contribution is 14.0. The molecule has 0 unspecified atom stereocenters. The maximum absolute atomic E-state index is 4.54. The predicted octanol–water partition coefficient (Wildman–Crippen LogP) is 3.55. The van der Waals surface area contributed by atoms with E-state index in [0.29, 0.717) is 0 Å². The van der Waals surface area contributed by atoms with Crippen molar-refractivity contribution in [1.82, 2.24) is 9.88 Å². The molecular formula is C14H18IN3S. The van der Waals surface area contributed by atoms with Crippen molar-refractivity contribution in [3.8, 4) is 0 Å². The van der Waals surface area contributed by atoms with Crippen LogP contribution in [-0.2, 0) is 7.05 Å². The maximum atomic E-state index is 4.54. The second-order valence-electron chi connectivity index (χ2n) is 4.56. The Labute approximate surface area is 134 Å². The van der Waals surface area contributed by atoms with Gasteiger partial charge >= 0.3 is 0 Å². The Morgan fingerprint density at radius 1 is 1.32 bits per heavy atom. The van der Waals surface area contributed by atoms with Gasteiger partial charge in [-0.2, -0.15) is 0 Å². The fourth-order valence-corrected chi connectivity index (χ4v) is 3.38. The number of benzene rings is 1. The van der Waals surface area contributed by atoms with E-state index in [4.69, 9.17) is 0 Å². The van der Waals surface area contributed by atoms with E-state index in [9.17, 15) is 0 Å². The zero-order valence-electron chi connectivity index (χ0n) is 11.1. The van der Waals surface area contributed by atoms with E-state index in [1.807, 2.05) is 0 Å². The normalized spacial score (nSPS) is 14.7. The highest BCUT2D eigenvalue weighted by Gasteiger charge is 2.15. The second kappa shape index (κ2) is 6.17. The van der Waals surface area contributed by atoms with Gasteiger partial charge in [0.15, 0.2) is 5.17 Å². The van der Waals surface area contributed by atoms with Gasteiger partial charge in [0.1, 0.15) is 0 Å². The number of nitrogens with zero attached hydrogens (tertiary/aromatic N) is 2. The average molecular weight is 387 g/mol. The lowest BCUT2D eigenvalue weighted by atomic mass is 10.2. The SMILES string of the molecule is Cc1c(SC2=NCCCN2)c2ccccc2n1C.I. The van der Waals surface area contributed by atoms with E-state index < -0.39 is 0 Å². The first-order chi connectivity index (χ1) is 8.77. The molecule has 1 N–H and O–H groups in total. The van der Waals surface area contributed by atoms with Gasteiger partial charge < -0.3 is 9.88 Å². The molecule has 0 bridgehead atoms. The minimum Gasteiger partial charge on any atom is -0.365 e. The summed E-state index contributed by atoms with van der Waals surface area (Å²) in [6.45, 7) is 4.15. The number of para-hydroxylation sites is 1. The summed E-state index contributed by atoms with van der Waals surface area (Å²) in [6, 6.07) is 8.55. The number of aliphatic imine (C=N–C) groups is 1. The van der Waals surface area contributed by atoms with Crippen LogP contribution in [0.5, 0.6) is 0 Å². The second-order valence-corrected chi connectivity index (χ2v) is 5.56. The van der Waals surface area contributed by atoms with E-state index in [-0.39, 0.29) is 24.0 Å². The summed E-state index contributed by atoms with van der Waals surface area (Å²) >= 11 is 1.76. The lowest BCUT2D eigenvalue weighted by Crippen LogP contribution is -2.26. The summed E-state index contributed by atoms with van der Waals surface area (Å²) < 4.78 is 2.25. The Balaban J connectivity index is 0.00000133. The predicted molar refractivity (Wildman–Crippen MR) is 93.8 cm³/mol. The van der Waals surface area contributed by atoms with E-state index >= 15 is 0 Å². The van der Waals surface area contributed by atoms with Gasteiger partial charge in [-0.25, -0.2) is 0 Å². The van der Waals surface area contributed by atoms with Gasteiger partial charge in [-0.15, -0.1) is 24.0 Å². The molecule has 0 aliphatic carbocycles. The fraction of sp³-hybridized carbons (Fsp3) is 0.357. The number of hydrogen-bond acceptors (Lipinski definition) is 3. The van der Waals surface area contributed by atoms with Crippen LogP contribution in [-0.4, -0.2) is 22.8 Å². The van der Waals surface area contributed by atoms with Crippen molar-refractivity contribution in [1.29, 1.82) is 0 Å². The Kier molecular flexibility index (Phi) is 4.78. The van der Waals surface area contributed by atoms with Crippen LogP contribution in [0.1, 0.15) is 12.1 Å². The number of amidine groups is 1. The summed E-state index contributed by atoms with van der Waals surface area (Å²) in [5.41, 5.74) is 2.59. The molecule has 2 aromatic rings. The summed E-state index contributed by atoms with van der Waals surface area (Å²) in [7, 11) is 2.12. The molecule has 19 heavy (non-hydrogen) atoms. The molecule has 0 atom stereocenters. The quantitative estimate of drug-likeness (QED) is 0.759. The van der Waals surface area contributed by atoms with Crippen LogP contribution in [0.2, 0.25) is 0 Å². The van der Waals surface area contributed by atoms with Gasteiger partial charge in [-0.1, -0.05) is 30.0 Å². The van der Waals surface area contributed by atoms with Gasteiger partial charge in [0, 0.05) is 41.6 Å². The van der Waals surface area contributed by atoms with Crippen LogP contribution >= 0.6 is 35.7 Å². The standard InChI is InChI=1S/C14H17N3S.HI/c1-10-13(18-14-15-8-5-9-16-14)11-6-3-4-7-12(11)17(10)2;/h3-4,6-7H,5,8-9H2,1-2H3,(H,15,16);1H. The number of aryl methyl sites for hydroxylation is 1. The van der Waals surface area contributed by atoms with Gasteiger partial charge in [0.05, 0.1) is 0 Å².